The van der Waals surface area contributed by atoms with Crippen LogP contribution >= 0.6 is 0 Å². The van der Waals surface area contributed by atoms with Gasteiger partial charge in [0.2, 0.25) is 5.91 Å². The van der Waals surface area contributed by atoms with E-state index >= 15 is 0 Å². The Morgan fingerprint density at radius 3 is 2.90 bits per heavy atom. The van der Waals surface area contributed by atoms with E-state index in [1.165, 1.54) is 16.7 Å². The van der Waals surface area contributed by atoms with Crippen LogP contribution in [0, 0.1) is 19.8 Å². The van der Waals surface area contributed by atoms with Crippen molar-refractivity contribution >= 4 is 5.91 Å². The third kappa shape index (κ3) is 3.83. The summed E-state index contributed by atoms with van der Waals surface area (Å²) >= 11 is 0. The minimum Gasteiger partial charge on any atom is -0.342 e. The number of carbonyl (C=O) groups is 1. The maximum atomic E-state index is 12.3. The molecule has 0 aromatic heterocycles. The van der Waals surface area contributed by atoms with E-state index in [-0.39, 0.29) is 0 Å². The van der Waals surface area contributed by atoms with Crippen molar-refractivity contribution in [1.29, 1.82) is 0 Å². The highest BCUT2D eigenvalue weighted by Crippen LogP contribution is 2.18. The number of aryl methyl sites for hydroxylation is 3. The van der Waals surface area contributed by atoms with E-state index in [0.29, 0.717) is 18.2 Å². The minimum absolute atomic E-state index is 0.309. The molecule has 1 fully saturated rings. The highest BCUT2D eigenvalue weighted by molar-refractivity contribution is 5.76. The molecule has 1 aliphatic rings. The van der Waals surface area contributed by atoms with Crippen LogP contribution in [-0.4, -0.2) is 37.5 Å². The van der Waals surface area contributed by atoms with Crippen LogP contribution in [-0.2, 0) is 11.2 Å². The SMILES string of the molecule is CNC[C@@H]1CCN(C(=O)CCc2ccc(C)cc2C)C1. The molecule has 1 heterocycles. The molecular formula is C17H26N2O. The van der Waals surface area contributed by atoms with Crippen LogP contribution in [0.5, 0.6) is 0 Å². The zero-order valence-electron chi connectivity index (χ0n) is 12.9. The highest BCUT2D eigenvalue weighted by atomic mass is 16.2. The first-order chi connectivity index (χ1) is 9.60. The summed E-state index contributed by atoms with van der Waals surface area (Å²) in [6.07, 6.45) is 2.63. The summed E-state index contributed by atoms with van der Waals surface area (Å²) in [5.74, 6) is 0.939. The van der Waals surface area contributed by atoms with Crippen molar-refractivity contribution in [2.45, 2.75) is 33.1 Å². The van der Waals surface area contributed by atoms with Gasteiger partial charge in [-0.05, 0) is 57.3 Å². The van der Waals surface area contributed by atoms with E-state index in [1.807, 2.05) is 11.9 Å². The maximum Gasteiger partial charge on any atom is 0.222 e. The fourth-order valence-corrected chi connectivity index (χ4v) is 3.04. The van der Waals surface area contributed by atoms with E-state index in [1.54, 1.807) is 0 Å². The van der Waals surface area contributed by atoms with Gasteiger partial charge in [0.1, 0.15) is 0 Å². The average Bonchev–Trinajstić information content (AvgIpc) is 2.86. The van der Waals surface area contributed by atoms with Gasteiger partial charge in [-0.1, -0.05) is 23.8 Å². The first kappa shape index (κ1) is 15.0. The number of rotatable bonds is 5. The van der Waals surface area contributed by atoms with Crippen LogP contribution in [0.4, 0.5) is 0 Å². The van der Waals surface area contributed by atoms with Crippen molar-refractivity contribution in [2.75, 3.05) is 26.7 Å². The van der Waals surface area contributed by atoms with E-state index < -0.39 is 0 Å². The average molecular weight is 274 g/mol. The second-order valence-electron chi connectivity index (χ2n) is 5.98. The van der Waals surface area contributed by atoms with Gasteiger partial charge >= 0.3 is 0 Å². The molecule has 1 aliphatic heterocycles. The molecule has 0 unspecified atom stereocenters. The molecule has 0 saturated carbocycles. The smallest absolute Gasteiger partial charge is 0.222 e. The zero-order chi connectivity index (χ0) is 14.5. The number of carbonyl (C=O) groups excluding carboxylic acids is 1. The lowest BCUT2D eigenvalue weighted by atomic mass is 10.0. The Kier molecular flexibility index (Phi) is 5.18. The van der Waals surface area contributed by atoms with Crippen molar-refractivity contribution in [3.8, 4) is 0 Å². The molecular weight excluding hydrogens is 248 g/mol. The number of nitrogens with zero attached hydrogens (tertiary/aromatic N) is 1. The predicted molar refractivity (Wildman–Crippen MR) is 82.9 cm³/mol. The van der Waals surface area contributed by atoms with Gasteiger partial charge in [0.05, 0.1) is 0 Å². The van der Waals surface area contributed by atoms with Gasteiger partial charge in [0, 0.05) is 19.5 Å². The number of likely N-dealkylation sites (tertiary alicyclic amines) is 1. The van der Waals surface area contributed by atoms with Gasteiger partial charge < -0.3 is 10.2 Å². The molecule has 0 radical (unpaired) electrons. The molecule has 1 aromatic rings. The van der Waals surface area contributed by atoms with Crippen LogP contribution in [0.15, 0.2) is 18.2 Å². The lowest BCUT2D eigenvalue weighted by Crippen LogP contribution is -2.30. The summed E-state index contributed by atoms with van der Waals surface area (Å²) in [4.78, 5) is 14.3. The highest BCUT2D eigenvalue weighted by Gasteiger charge is 2.25. The molecule has 0 spiro atoms. The lowest BCUT2D eigenvalue weighted by molar-refractivity contribution is -0.130. The largest absolute Gasteiger partial charge is 0.342 e. The number of amides is 1. The van der Waals surface area contributed by atoms with Crippen LogP contribution in [0.25, 0.3) is 0 Å². The Hall–Kier alpha value is -1.35. The Bertz CT molecular complexity index is 470. The summed E-state index contributed by atoms with van der Waals surface area (Å²) in [6, 6.07) is 6.48. The number of nitrogens with one attached hydrogen (secondary N) is 1. The normalized spacial score (nSPS) is 18.6. The minimum atomic E-state index is 0.309. The monoisotopic (exact) mass is 274 g/mol. The van der Waals surface area contributed by atoms with E-state index in [2.05, 4.69) is 37.4 Å². The van der Waals surface area contributed by atoms with Gasteiger partial charge in [0.15, 0.2) is 0 Å². The standard InChI is InChI=1S/C17H26N2O/c1-13-4-5-16(14(2)10-13)6-7-17(20)19-9-8-15(12-19)11-18-3/h4-5,10,15,18H,6-9,11-12H2,1-3H3/t15-/m0/s1. The molecule has 20 heavy (non-hydrogen) atoms. The van der Waals surface area contributed by atoms with Gasteiger partial charge in [-0.2, -0.15) is 0 Å². The summed E-state index contributed by atoms with van der Waals surface area (Å²) in [5, 5.41) is 3.20. The van der Waals surface area contributed by atoms with Gasteiger partial charge in [0.25, 0.3) is 0 Å². The van der Waals surface area contributed by atoms with Crippen LogP contribution < -0.4 is 5.32 Å². The topological polar surface area (TPSA) is 32.3 Å². The Labute approximate surface area is 122 Å². The molecule has 1 saturated heterocycles. The maximum absolute atomic E-state index is 12.3. The van der Waals surface area contributed by atoms with Gasteiger partial charge in [-0.15, -0.1) is 0 Å². The summed E-state index contributed by atoms with van der Waals surface area (Å²) in [7, 11) is 1.98. The molecule has 3 heteroatoms. The van der Waals surface area contributed by atoms with Crippen LogP contribution in [0.2, 0.25) is 0 Å². The van der Waals surface area contributed by atoms with Gasteiger partial charge in [-0.25, -0.2) is 0 Å². The third-order valence-electron chi connectivity index (χ3n) is 4.24. The zero-order valence-corrected chi connectivity index (χ0v) is 12.9. The first-order valence-electron chi connectivity index (χ1n) is 7.58. The summed E-state index contributed by atoms with van der Waals surface area (Å²) in [5.41, 5.74) is 3.88. The first-order valence-corrected chi connectivity index (χ1v) is 7.58. The predicted octanol–water partition coefficient (Wildman–Crippen LogP) is 2.30. The molecule has 1 N–H and O–H groups in total. The van der Waals surface area contributed by atoms with E-state index in [9.17, 15) is 4.79 Å². The second kappa shape index (κ2) is 6.89. The second-order valence-corrected chi connectivity index (χ2v) is 5.98. The number of benzene rings is 1. The fraction of sp³-hybridized carbons (Fsp3) is 0.588. The Morgan fingerprint density at radius 2 is 2.20 bits per heavy atom. The third-order valence-corrected chi connectivity index (χ3v) is 4.24. The van der Waals surface area contributed by atoms with Crippen LogP contribution in [0.3, 0.4) is 0 Å². The van der Waals surface area contributed by atoms with Gasteiger partial charge in [-0.3, -0.25) is 4.79 Å². The molecule has 1 aromatic carbocycles. The Balaban J connectivity index is 1.83. The van der Waals surface area contributed by atoms with Crippen LogP contribution in [0.1, 0.15) is 29.5 Å². The Morgan fingerprint density at radius 1 is 1.40 bits per heavy atom. The fourth-order valence-electron chi connectivity index (χ4n) is 3.04. The van der Waals surface area contributed by atoms with E-state index in [0.717, 1.165) is 32.5 Å². The van der Waals surface area contributed by atoms with Crippen molar-refractivity contribution in [1.82, 2.24) is 10.2 Å². The van der Waals surface area contributed by atoms with Crippen molar-refractivity contribution in [3.63, 3.8) is 0 Å². The van der Waals surface area contributed by atoms with E-state index in [4.69, 9.17) is 0 Å². The lowest BCUT2D eigenvalue weighted by Gasteiger charge is -2.17. The number of hydrogen-bond donors (Lipinski definition) is 1. The molecule has 1 amide bonds. The molecule has 110 valence electrons. The van der Waals surface area contributed by atoms with Crippen molar-refractivity contribution in [2.24, 2.45) is 5.92 Å². The number of hydrogen-bond acceptors (Lipinski definition) is 2. The molecule has 2 rings (SSSR count). The molecule has 3 nitrogen and oxygen atoms in total. The summed E-state index contributed by atoms with van der Waals surface area (Å²) < 4.78 is 0. The quantitative estimate of drug-likeness (QED) is 0.893. The molecule has 0 bridgehead atoms. The van der Waals surface area contributed by atoms with Crippen molar-refractivity contribution in [3.05, 3.63) is 34.9 Å². The molecule has 1 atom stereocenters. The summed E-state index contributed by atoms with van der Waals surface area (Å²) in [6.45, 7) is 7.10. The van der Waals surface area contributed by atoms with Crippen molar-refractivity contribution < 1.29 is 4.79 Å². The molecule has 0 aliphatic carbocycles.